The van der Waals surface area contributed by atoms with Crippen LogP contribution < -0.4 is 20.3 Å². The van der Waals surface area contributed by atoms with Crippen LogP contribution in [0.15, 0.2) is 36.8 Å². The Labute approximate surface area is 232 Å². The number of nitrogens with one attached hydrogen (secondary N) is 2. The van der Waals surface area contributed by atoms with Crippen LogP contribution in [-0.4, -0.2) is 63.2 Å². The van der Waals surface area contributed by atoms with E-state index in [0.29, 0.717) is 25.2 Å². The molecule has 216 valence electrons. The number of piperidine rings is 2. The zero-order valence-corrected chi connectivity index (χ0v) is 22.6. The van der Waals surface area contributed by atoms with Gasteiger partial charge in [0.15, 0.2) is 18.0 Å². The monoisotopic (exact) mass is 541 g/mol. The summed E-state index contributed by atoms with van der Waals surface area (Å²) in [5, 5.41) is 40.9. The molecular formula is C29H47N7O3. The van der Waals surface area contributed by atoms with Gasteiger partial charge in [-0.25, -0.2) is 4.98 Å². The van der Waals surface area contributed by atoms with Crippen molar-refractivity contribution in [3.63, 3.8) is 0 Å². The van der Waals surface area contributed by atoms with E-state index in [4.69, 9.17) is 10.1 Å². The molecule has 39 heavy (non-hydrogen) atoms. The summed E-state index contributed by atoms with van der Waals surface area (Å²) in [6, 6.07) is 6.60. The molecule has 2 aliphatic heterocycles. The number of rotatable bonds is 9. The van der Waals surface area contributed by atoms with Crippen LogP contribution in [0, 0.1) is 5.21 Å². The number of pyridine rings is 1. The lowest BCUT2D eigenvalue weighted by Gasteiger charge is -2.36. The van der Waals surface area contributed by atoms with Crippen LogP contribution in [0.4, 0.5) is 11.6 Å². The fraction of sp³-hybridized carbons (Fsp3) is 0.621. The molecule has 2 atom stereocenters. The lowest BCUT2D eigenvalue weighted by Crippen LogP contribution is -2.40. The van der Waals surface area contributed by atoms with Crippen molar-refractivity contribution in [2.45, 2.75) is 90.8 Å². The first-order valence-corrected chi connectivity index (χ1v) is 14.1. The minimum Gasteiger partial charge on any atom is -0.619 e. The number of fused-ring (bicyclic) bond motifs is 1. The summed E-state index contributed by atoms with van der Waals surface area (Å²) in [5.41, 5.74) is 2.85. The highest BCUT2D eigenvalue weighted by Crippen LogP contribution is 2.29. The summed E-state index contributed by atoms with van der Waals surface area (Å²) in [5.74, 6) is 1.76. The molecule has 0 aliphatic carbocycles. The Morgan fingerprint density at radius 1 is 1.15 bits per heavy atom. The van der Waals surface area contributed by atoms with E-state index >= 15 is 0 Å². The van der Waals surface area contributed by atoms with Crippen molar-refractivity contribution in [2.24, 2.45) is 0 Å². The largest absolute Gasteiger partial charge is 0.619 e. The van der Waals surface area contributed by atoms with Gasteiger partial charge in [-0.1, -0.05) is 20.8 Å². The minimum atomic E-state index is 0. The van der Waals surface area contributed by atoms with Gasteiger partial charge in [-0.2, -0.15) is 14.3 Å². The molecule has 3 aromatic rings. The normalized spacial score (nSPS) is 19.2. The van der Waals surface area contributed by atoms with Gasteiger partial charge in [-0.3, -0.25) is 0 Å². The molecule has 2 aliphatic rings. The van der Waals surface area contributed by atoms with Crippen molar-refractivity contribution in [3.05, 3.63) is 53.1 Å². The summed E-state index contributed by atoms with van der Waals surface area (Å²) in [4.78, 5) is 7.27. The lowest BCUT2D eigenvalue weighted by atomic mass is 9.99. The molecule has 10 heteroatoms. The molecule has 2 fully saturated rings. The molecule has 0 spiro atoms. The zero-order chi connectivity index (χ0) is 26.7. The van der Waals surface area contributed by atoms with Gasteiger partial charge in [-0.05, 0) is 64.0 Å². The standard InChI is InChI=1S/C21H28N6O2.C7H15NO.CH4/c1-2-17-14-23-27-19(22-13-16-6-5-9-25(29)15-16)12-20(24-21(17)27)26-10-4-3-7-18(26)8-11-28;9-6-4-7-3-1-2-5-8-7;/h5-6,9,12,14-15,18,22,28H,2-4,7-8,10-11,13H2,1H3;7-9H,1-6H2;1H4/t18-;7-;/m00./s1. The van der Waals surface area contributed by atoms with E-state index < -0.39 is 0 Å². The van der Waals surface area contributed by atoms with Crippen LogP contribution in [0.5, 0.6) is 0 Å². The lowest BCUT2D eigenvalue weighted by molar-refractivity contribution is -0.605. The second kappa shape index (κ2) is 15.6. The fourth-order valence-electron chi connectivity index (χ4n) is 5.39. The summed E-state index contributed by atoms with van der Waals surface area (Å²) >= 11 is 0. The van der Waals surface area contributed by atoms with Crippen LogP contribution in [0.3, 0.4) is 0 Å². The van der Waals surface area contributed by atoms with E-state index in [1.807, 2.05) is 22.8 Å². The highest BCUT2D eigenvalue weighted by Gasteiger charge is 2.25. The van der Waals surface area contributed by atoms with E-state index in [0.717, 1.165) is 78.3 Å². The third-order valence-corrected chi connectivity index (χ3v) is 7.50. The van der Waals surface area contributed by atoms with Crippen molar-refractivity contribution in [2.75, 3.05) is 36.5 Å². The van der Waals surface area contributed by atoms with Gasteiger partial charge in [-0.15, -0.1) is 0 Å². The van der Waals surface area contributed by atoms with Crippen molar-refractivity contribution >= 4 is 17.3 Å². The molecule has 2 saturated heterocycles. The second-order valence-corrected chi connectivity index (χ2v) is 10.2. The molecule has 5 heterocycles. The smallest absolute Gasteiger partial charge is 0.185 e. The summed E-state index contributed by atoms with van der Waals surface area (Å²) in [7, 11) is 0. The van der Waals surface area contributed by atoms with E-state index in [1.54, 1.807) is 12.3 Å². The number of hydrogen-bond donors (Lipinski definition) is 4. The van der Waals surface area contributed by atoms with Crippen LogP contribution in [0.1, 0.15) is 76.8 Å². The average Bonchev–Trinajstić information content (AvgIpc) is 3.37. The van der Waals surface area contributed by atoms with Crippen LogP contribution in [0.2, 0.25) is 0 Å². The Morgan fingerprint density at radius 2 is 1.97 bits per heavy atom. The van der Waals surface area contributed by atoms with E-state index in [9.17, 15) is 10.3 Å². The van der Waals surface area contributed by atoms with Crippen molar-refractivity contribution in [1.82, 2.24) is 19.9 Å². The maximum Gasteiger partial charge on any atom is 0.185 e. The van der Waals surface area contributed by atoms with Crippen LogP contribution >= 0.6 is 0 Å². The highest BCUT2D eigenvalue weighted by atomic mass is 16.5. The van der Waals surface area contributed by atoms with Gasteiger partial charge in [0.1, 0.15) is 11.6 Å². The minimum absolute atomic E-state index is 0. The Kier molecular flexibility index (Phi) is 12.2. The molecule has 0 unspecified atom stereocenters. The maximum atomic E-state index is 11.5. The third kappa shape index (κ3) is 8.27. The number of aromatic nitrogens is 4. The molecular weight excluding hydrogens is 494 g/mol. The second-order valence-electron chi connectivity index (χ2n) is 10.2. The molecule has 10 nitrogen and oxygen atoms in total. The summed E-state index contributed by atoms with van der Waals surface area (Å²) in [6.07, 6.45) is 14.7. The third-order valence-electron chi connectivity index (χ3n) is 7.50. The molecule has 0 radical (unpaired) electrons. The summed E-state index contributed by atoms with van der Waals surface area (Å²) < 4.78 is 2.64. The predicted octanol–water partition coefficient (Wildman–Crippen LogP) is 3.43. The molecule has 3 aromatic heterocycles. The molecule has 0 amide bonds. The topological polar surface area (TPSA) is 125 Å². The number of aliphatic hydroxyl groups is 2. The van der Waals surface area contributed by atoms with Crippen molar-refractivity contribution in [1.29, 1.82) is 0 Å². The van der Waals surface area contributed by atoms with Gasteiger partial charge >= 0.3 is 0 Å². The number of anilines is 2. The van der Waals surface area contributed by atoms with E-state index in [1.165, 1.54) is 31.9 Å². The highest BCUT2D eigenvalue weighted by molar-refractivity contribution is 5.61. The van der Waals surface area contributed by atoms with E-state index in [-0.39, 0.29) is 14.0 Å². The summed E-state index contributed by atoms with van der Waals surface area (Å²) in [6.45, 7) is 5.22. The maximum absolute atomic E-state index is 11.5. The van der Waals surface area contributed by atoms with Gasteiger partial charge < -0.3 is 31.0 Å². The SMILES string of the molecule is C.CCc1cnn2c(NCc3ccc[n+]([O-])c3)cc(N3CCCC[C@H]3CCO)nc12.OCC[C@@H]1CCCCN1. The van der Waals surface area contributed by atoms with Crippen molar-refractivity contribution < 1.29 is 14.9 Å². The van der Waals surface area contributed by atoms with Gasteiger partial charge in [0.05, 0.1) is 6.20 Å². The Morgan fingerprint density at radius 3 is 2.69 bits per heavy atom. The number of aliphatic hydroxyl groups excluding tert-OH is 2. The van der Waals surface area contributed by atoms with Crippen molar-refractivity contribution in [3.8, 4) is 0 Å². The first kappa shape index (κ1) is 30.6. The van der Waals surface area contributed by atoms with E-state index in [2.05, 4.69) is 27.6 Å². The van der Waals surface area contributed by atoms with Gasteiger partial charge in [0.2, 0.25) is 0 Å². The zero-order valence-electron chi connectivity index (χ0n) is 22.6. The average molecular weight is 542 g/mol. The fourth-order valence-corrected chi connectivity index (χ4v) is 5.39. The Bertz CT molecular complexity index is 1130. The molecule has 4 N–H and O–H groups in total. The first-order chi connectivity index (χ1) is 18.6. The molecule has 0 saturated carbocycles. The molecule has 0 bridgehead atoms. The van der Waals surface area contributed by atoms with Crippen LogP contribution in [-0.2, 0) is 13.0 Å². The number of nitrogens with zero attached hydrogens (tertiary/aromatic N) is 5. The van der Waals surface area contributed by atoms with Gasteiger partial charge in [0.25, 0.3) is 0 Å². The molecule has 5 rings (SSSR count). The first-order valence-electron chi connectivity index (χ1n) is 14.1. The Balaban J connectivity index is 0.000000359. The number of hydrogen-bond acceptors (Lipinski definition) is 8. The van der Waals surface area contributed by atoms with Gasteiger partial charge in [0, 0.05) is 61.6 Å². The molecule has 0 aromatic carbocycles. The Hall–Kier alpha value is -2.95. The number of aryl methyl sites for hydroxylation is 1. The predicted molar refractivity (Wildman–Crippen MR) is 156 cm³/mol. The quantitative estimate of drug-likeness (QED) is 0.240. The van der Waals surface area contributed by atoms with Crippen LogP contribution in [0.25, 0.3) is 5.65 Å².